The van der Waals surface area contributed by atoms with Gasteiger partial charge in [-0.25, -0.2) is 13.2 Å². The van der Waals surface area contributed by atoms with Crippen molar-refractivity contribution in [1.82, 2.24) is 19.8 Å². The lowest BCUT2D eigenvalue weighted by Gasteiger charge is -2.32. The molecule has 2 saturated heterocycles. The predicted molar refractivity (Wildman–Crippen MR) is 143 cm³/mol. The van der Waals surface area contributed by atoms with Gasteiger partial charge in [0, 0.05) is 50.3 Å². The smallest absolute Gasteiger partial charge is 0.315 e. The normalized spacial score (nSPS) is 17.5. The van der Waals surface area contributed by atoms with Crippen LogP contribution in [0.5, 0.6) is 11.5 Å². The van der Waals surface area contributed by atoms with Crippen LogP contribution in [0, 0.1) is 18.3 Å². The maximum absolute atomic E-state index is 13.6. The molecule has 2 aliphatic heterocycles. The Morgan fingerprint density at radius 3 is 2.58 bits per heavy atom. The van der Waals surface area contributed by atoms with Crippen LogP contribution in [0.2, 0.25) is 5.02 Å². The molecule has 2 aliphatic rings. The minimum absolute atomic E-state index is 0.0820. The van der Waals surface area contributed by atoms with Crippen LogP contribution in [0.4, 0.5) is 4.79 Å². The Kier molecular flexibility index (Phi) is 9.46. The highest BCUT2D eigenvalue weighted by Crippen LogP contribution is 2.34. The summed E-state index contributed by atoms with van der Waals surface area (Å²) in [5, 5.41) is 15.7. The number of carbonyl (C=O) groups excluding carboxylic acids is 1. The number of benzene rings is 2. The third-order valence-corrected chi connectivity index (χ3v) is 8.68. The van der Waals surface area contributed by atoms with Crippen molar-refractivity contribution in [2.24, 2.45) is 0 Å². The van der Waals surface area contributed by atoms with E-state index in [1.54, 1.807) is 18.2 Å². The summed E-state index contributed by atoms with van der Waals surface area (Å²) in [6.07, 6.45) is 0.940. The summed E-state index contributed by atoms with van der Waals surface area (Å²) in [7, 11) is -3.96. The first-order valence-corrected chi connectivity index (χ1v) is 14.4. The molecule has 2 aromatic rings. The van der Waals surface area contributed by atoms with E-state index in [-0.39, 0.29) is 41.4 Å². The van der Waals surface area contributed by atoms with Crippen molar-refractivity contribution in [1.29, 1.82) is 5.26 Å². The third kappa shape index (κ3) is 7.36. The first kappa shape index (κ1) is 28.1. The van der Waals surface area contributed by atoms with E-state index in [2.05, 4.69) is 15.5 Å². The SMILES string of the molecule is Cc1cc(Cl)cc(Oc2ccc(C#N)cc2S(=O)(=O)N2CCC(NC(=O)NCCN3CCOCC3)CC2)c1. The van der Waals surface area contributed by atoms with Gasteiger partial charge in [0.1, 0.15) is 16.4 Å². The Bertz CT molecular complexity index is 1270. The van der Waals surface area contributed by atoms with Gasteiger partial charge in [-0.1, -0.05) is 11.6 Å². The van der Waals surface area contributed by atoms with E-state index in [9.17, 15) is 18.5 Å². The summed E-state index contributed by atoms with van der Waals surface area (Å²) in [6, 6.07) is 11.1. The number of ether oxygens (including phenoxy) is 2. The van der Waals surface area contributed by atoms with E-state index in [1.807, 2.05) is 13.0 Å². The van der Waals surface area contributed by atoms with Crippen molar-refractivity contribution < 1.29 is 22.7 Å². The average molecular weight is 562 g/mol. The number of nitrogens with one attached hydrogen (secondary N) is 2. The second-order valence-electron chi connectivity index (χ2n) is 9.37. The van der Waals surface area contributed by atoms with Crippen LogP contribution in [-0.4, -0.2) is 82.2 Å². The third-order valence-electron chi connectivity index (χ3n) is 6.54. The van der Waals surface area contributed by atoms with Crippen molar-refractivity contribution >= 4 is 27.7 Å². The Balaban J connectivity index is 1.36. The molecule has 10 nitrogen and oxygen atoms in total. The molecule has 38 heavy (non-hydrogen) atoms. The molecule has 2 heterocycles. The van der Waals surface area contributed by atoms with Crippen LogP contribution in [0.25, 0.3) is 0 Å². The number of aryl methyl sites for hydroxylation is 1. The van der Waals surface area contributed by atoms with Crippen molar-refractivity contribution in [3.63, 3.8) is 0 Å². The molecule has 0 atom stereocenters. The molecule has 0 saturated carbocycles. The molecule has 4 rings (SSSR count). The van der Waals surface area contributed by atoms with Gasteiger partial charge in [0.15, 0.2) is 0 Å². The molecule has 0 unspecified atom stereocenters. The van der Waals surface area contributed by atoms with Crippen molar-refractivity contribution in [2.45, 2.75) is 30.7 Å². The monoisotopic (exact) mass is 561 g/mol. The summed E-state index contributed by atoms with van der Waals surface area (Å²) < 4.78 is 39.9. The molecule has 0 aromatic heterocycles. The predicted octanol–water partition coefficient (Wildman–Crippen LogP) is 3.10. The number of nitriles is 1. The molecule has 0 spiro atoms. The highest BCUT2D eigenvalue weighted by molar-refractivity contribution is 7.89. The number of rotatable bonds is 8. The summed E-state index contributed by atoms with van der Waals surface area (Å²) in [5.41, 5.74) is 1.08. The molecule has 0 aliphatic carbocycles. The van der Waals surface area contributed by atoms with Crippen molar-refractivity contribution in [3.8, 4) is 17.6 Å². The molecule has 2 N–H and O–H groups in total. The van der Waals surface area contributed by atoms with Crippen LogP contribution < -0.4 is 15.4 Å². The lowest BCUT2D eigenvalue weighted by molar-refractivity contribution is 0.0387. The number of nitrogens with zero attached hydrogens (tertiary/aromatic N) is 3. The second kappa shape index (κ2) is 12.8. The van der Waals surface area contributed by atoms with Crippen LogP contribution in [-0.2, 0) is 14.8 Å². The Morgan fingerprint density at radius 1 is 1.16 bits per heavy atom. The van der Waals surface area contributed by atoms with Crippen molar-refractivity contribution in [3.05, 3.63) is 52.5 Å². The van der Waals surface area contributed by atoms with Gasteiger partial charge >= 0.3 is 6.03 Å². The Labute approximate surface area is 228 Å². The van der Waals surface area contributed by atoms with Gasteiger partial charge in [-0.15, -0.1) is 0 Å². The molecular weight excluding hydrogens is 530 g/mol. The average Bonchev–Trinajstić information content (AvgIpc) is 2.89. The van der Waals surface area contributed by atoms with E-state index in [0.717, 1.165) is 25.2 Å². The van der Waals surface area contributed by atoms with Crippen molar-refractivity contribution in [2.75, 3.05) is 52.5 Å². The molecule has 2 amide bonds. The van der Waals surface area contributed by atoms with E-state index in [4.69, 9.17) is 21.1 Å². The number of sulfonamides is 1. The molecular formula is C26H32ClN5O5S. The number of piperidine rings is 1. The number of hydrogen-bond acceptors (Lipinski definition) is 7. The maximum Gasteiger partial charge on any atom is 0.315 e. The number of morpholine rings is 1. The Morgan fingerprint density at radius 2 is 1.89 bits per heavy atom. The largest absolute Gasteiger partial charge is 0.456 e. The van der Waals surface area contributed by atoms with Gasteiger partial charge in [0.2, 0.25) is 10.0 Å². The number of halogens is 1. The lowest BCUT2D eigenvalue weighted by atomic mass is 10.1. The van der Waals surface area contributed by atoms with E-state index in [1.165, 1.54) is 22.5 Å². The molecule has 0 radical (unpaired) electrons. The summed E-state index contributed by atoms with van der Waals surface area (Å²) >= 11 is 6.14. The first-order chi connectivity index (χ1) is 18.2. The van der Waals surface area contributed by atoms with Gasteiger partial charge in [-0.3, -0.25) is 4.90 Å². The fourth-order valence-corrected chi connectivity index (χ4v) is 6.41. The minimum Gasteiger partial charge on any atom is -0.456 e. The zero-order valence-electron chi connectivity index (χ0n) is 21.3. The van der Waals surface area contributed by atoms with Crippen LogP contribution >= 0.6 is 11.6 Å². The highest BCUT2D eigenvalue weighted by atomic mass is 35.5. The zero-order valence-corrected chi connectivity index (χ0v) is 22.9. The molecule has 12 heteroatoms. The standard InChI is InChI=1S/C26H32ClN5O5S/c1-19-14-21(27)17-23(15-19)37-24-3-2-20(18-28)16-25(24)38(34,35)32-7-4-22(5-8-32)30-26(33)29-6-9-31-10-12-36-13-11-31/h2-3,14-17,22H,4-13H2,1H3,(H2,29,30,33). The number of urea groups is 1. The lowest BCUT2D eigenvalue weighted by Crippen LogP contribution is -2.50. The topological polar surface area (TPSA) is 124 Å². The van der Waals surface area contributed by atoms with Crippen LogP contribution in [0.15, 0.2) is 41.3 Å². The van der Waals surface area contributed by atoms with Gasteiger partial charge in [-0.05, 0) is 61.7 Å². The maximum atomic E-state index is 13.6. The fraction of sp³-hybridized carbons (Fsp3) is 0.462. The Hall–Kier alpha value is -2.88. The molecule has 204 valence electrons. The van der Waals surface area contributed by atoms with E-state index < -0.39 is 10.0 Å². The van der Waals surface area contributed by atoms with Crippen LogP contribution in [0.1, 0.15) is 24.0 Å². The highest BCUT2D eigenvalue weighted by Gasteiger charge is 2.32. The molecule has 0 bridgehead atoms. The fourth-order valence-electron chi connectivity index (χ4n) is 4.52. The summed E-state index contributed by atoms with van der Waals surface area (Å²) in [4.78, 5) is 14.5. The minimum atomic E-state index is -3.96. The van der Waals surface area contributed by atoms with Gasteiger partial charge in [-0.2, -0.15) is 9.57 Å². The molecule has 2 fully saturated rings. The number of amides is 2. The zero-order chi connectivity index (χ0) is 27.1. The van der Waals surface area contributed by atoms with E-state index >= 15 is 0 Å². The van der Waals surface area contributed by atoms with Gasteiger partial charge in [0.05, 0.1) is 24.8 Å². The number of hydrogen-bond donors (Lipinski definition) is 2. The van der Waals surface area contributed by atoms with Gasteiger partial charge in [0.25, 0.3) is 0 Å². The second-order valence-corrected chi connectivity index (χ2v) is 11.7. The summed E-state index contributed by atoms with van der Waals surface area (Å²) in [5.74, 6) is 0.518. The van der Waals surface area contributed by atoms with Gasteiger partial charge < -0.3 is 20.1 Å². The van der Waals surface area contributed by atoms with E-state index in [0.29, 0.717) is 43.4 Å². The summed E-state index contributed by atoms with van der Waals surface area (Å²) in [6.45, 7) is 6.75. The van der Waals surface area contributed by atoms with Crippen LogP contribution in [0.3, 0.4) is 0 Å². The molecule has 2 aromatic carbocycles. The quantitative estimate of drug-likeness (QED) is 0.507. The number of carbonyl (C=O) groups is 1. The first-order valence-electron chi connectivity index (χ1n) is 12.6.